The number of hydrogen-bond donors (Lipinski definition) is 0. The van der Waals surface area contributed by atoms with Gasteiger partial charge in [0, 0.05) is 18.3 Å². The summed E-state index contributed by atoms with van der Waals surface area (Å²) in [6.45, 7) is 0. The van der Waals surface area contributed by atoms with Crippen molar-refractivity contribution >= 4 is 0 Å². The van der Waals surface area contributed by atoms with Crippen molar-refractivity contribution in [3.05, 3.63) is 40.8 Å². The van der Waals surface area contributed by atoms with Crippen molar-refractivity contribution in [2.24, 2.45) is 23.7 Å². The van der Waals surface area contributed by atoms with Gasteiger partial charge in [-0.3, -0.25) is 0 Å². The Kier molecular flexibility index (Phi) is 3.42. The minimum atomic E-state index is -4.77. The van der Waals surface area contributed by atoms with Crippen molar-refractivity contribution in [2.75, 3.05) is 0 Å². The van der Waals surface area contributed by atoms with Crippen molar-refractivity contribution in [3.8, 4) is 0 Å². The molecule has 0 aromatic heterocycles. The van der Waals surface area contributed by atoms with Gasteiger partial charge < -0.3 is 0 Å². The molecule has 130 valence electrons. The van der Waals surface area contributed by atoms with E-state index in [0.29, 0.717) is 24.2 Å². The Balaban J connectivity index is 1.73. The standard InChI is InChI=1S/C18H17F6/c19-17(20,21)11-4-9(5-12(8-11)18(22,23)24)15-6-10-7-16(15)14-3-1-2-13(10)14/h4-5,8,10,13-14,16H,1-3,6-7H2/q+1/t10-,13-,14-,16+/m1/s1. The third-order valence-electron chi connectivity index (χ3n) is 6.19. The fraction of sp³-hybridized carbons (Fsp3) is 0.611. The van der Waals surface area contributed by atoms with Crippen LogP contribution >= 0.6 is 0 Å². The van der Waals surface area contributed by atoms with Gasteiger partial charge in [-0.25, -0.2) is 0 Å². The molecular weight excluding hydrogens is 330 g/mol. The predicted octanol–water partition coefficient (Wildman–Crippen LogP) is 6.10. The predicted molar refractivity (Wildman–Crippen MR) is 75.8 cm³/mol. The van der Waals surface area contributed by atoms with Gasteiger partial charge in [0.05, 0.1) is 12.1 Å². The Morgan fingerprint density at radius 3 is 2.00 bits per heavy atom. The van der Waals surface area contributed by atoms with E-state index in [2.05, 4.69) is 0 Å². The summed E-state index contributed by atoms with van der Waals surface area (Å²) in [5.74, 6) is 2.53. The molecule has 0 aliphatic heterocycles. The molecule has 0 amide bonds. The fourth-order valence-electron chi connectivity index (χ4n) is 5.32. The van der Waals surface area contributed by atoms with E-state index in [0.717, 1.165) is 43.7 Å². The third kappa shape index (κ3) is 2.49. The van der Waals surface area contributed by atoms with Crippen LogP contribution in [0.1, 0.15) is 48.8 Å². The first-order chi connectivity index (χ1) is 11.1. The van der Waals surface area contributed by atoms with Crippen molar-refractivity contribution in [2.45, 2.75) is 44.5 Å². The van der Waals surface area contributed by atoms with Crippen LogP contribution in [0.4, 0.5) is 26.3 Å². The quantitative estimate of drug-likeness (QED) is 0.425. The van der Waals surface area contributed by atoms with Crippen LogP contribution in [-0.4, -0.2) is 0 Å². The van der Waals surface area contributed by atoms with Gasteiger partial charge in [0.25, 0.3) is 0 Å². The maximum atomic E-state index is 13.0. The summed E-state index contributed by atoms with van der Waals surface area (Å²) in [5.41, 5.74) is -2.26. The fourth-order valence-corrected chi connectivity index (χ4v) is 5.32. The minimum Gasteiger partial charge on any atom is -0.165 e. The zero-order valence-corrected chi connectivity index (χ0v) is 12.8. The van der Waals surface area contributed by atoms with Crippen LogP contribution in [0.25, 0.3) is 0 Å². The van der Waals surface area contributed by atoms with Gasteiger partial charge in [0.1, 0.15) is 16.7 Å². The zero-order chi connectivity index (χ0) is 17.3. The number of benzene rings is 1. The molecule has 6 heteroatoms. The Morgan fingerprint density at radius 2 is 1.42 bits per heavy atom. The van der Waals surface area contributed by atoms with E-state index in [1.165, 1.54) is 0 Å². The topological polar surface area (TPSA) is 0 Å². The lowest BCUT2D eigenvalue weighted by Gasteiger charge is -2.28. The maximum absolute atomic E-state index is 13.0. The summed E-state index contributed by atoms with van der Waals surface area (Å²) in [5, 5.41) is 0. The van der Waals surface area contributed by atoms with Gasteiger partial charge >= 0.3 is 12.4 Å². The molecule has 24 heavy (non-hydrogen) atoms. The van der Waals surface area contributed by atoms with Gasteiger partial charge in [-0.05, 0) is 43.1 Å². The average molecular weight is 347 g/mol. The molecule has 0 nitrogen and oxygen atoms in total. The molecule has 2 bridgehead atoms. The first-order valence-corrected chi connectivity index (χ1v) is 8.30. The Bertz CT molecular complexity index is 612. The van der Waals surface area contributed by atoms with E-state index in [1.807, 2.05) is 0 Å². The summed E-state index contributed by atoms with van der Waals surface area (Å²) in [6.07, 6.45) is -4.61. The second-order valence-electron chi connectivity index (χ2n) is 7.38. The lowest BCUT2D eigenvalue weighted by Crippen LogP contribution is -2.24. The van der Waals surface area contributed by atoms with Gasteiger partial charge in [-0.15, -0.1) is 0 Å². The minimum absolute atomic E-state index is 0.148. The number of halogens is 6. The van der Waals surface area contributed by atoms with Gasteiger partial charge in [-0.2, -0.15) is 26.3 Å². The van der Waals surface area contributed by atoms with Crippen LogP contribution in [0.5, 0.6) is 0 Å². The molecule has 0 unspecified atom stereocenters. The second-order valence-corrected chi connectivity index (χ2v) is 7.38. The molecule has 3 aliphatic carbocycles. The van der Waals surface area contributed by atoms with Gasteiger partial charge in [0.15, 0.2) is 0 Å². The molecule has 0 spiro atoms. The first-order valence-electron chi connectivity index (χ1n) is 8.30. The number of rotatable bonds is 1. The van der Waals surface area contributed by atoms with Crippen LogP contribution in [0.15, 0.2) is 18.2 Å². The number of hydrogen-bond acceptors (Lipinski definition) is 0. The molecular formula is C18H17F6+. The molecule has 4 rings (SSSR count). The summed E-state index contributed by atoms with van der Waals surface area (Å²) in [7, 11) is 0. The largest absolute Gasteiger partial charge is 0.428 e. The van der Waals surface area contributed by atoms with Crippen molar-refractivity contribution in [1.82, 2.24) is 0 Å². The van der Waals surface area contributed by atoms with Crippen LogP contribution in [0.2, 0.25) is 0 Å². The van der Waals surface area contributed by atoms with E-state index in [4.69, 9.17) is 0 Å². The average Bonchev–Trinajstić information content (AvgIpc) is 3.17. The molecule has 0 N–H and O–H groups in total. The van der Waals surface area contributed by atoms with E-state index >= 15 is 0 Å². The van der Waals surface area contributed by atoms with Gasteiger partial charge in [0.2, 0.25) is 0 Å². The second kappa shape index (κ2) is 5.09. The number of fused-ring (bicyclic) bond motifs is 5. The molecule has 3 aliphatic rings. The van der Waals surface area contributed by atoms with E-state index in [-0.39, 0.29) is 17.5 Å². The molecule has 3 saturated carbocycles. The summed E-state index contributed by atoms with van der Waals surface area (Å²) in [4.78, 5) is 0. The highest BCUT2D eigenvalue weighted by Crippen LogP contribution is 2.63. The Labute approximate surface area is 136 Å². The summed E-state index contributed by atoms with van der Waals surface area (Å²) in [6, 6.07) is 2.04. The SMILES string of the molecule is FC(F)(F)c1cc([C+]2C[C@@H]3C[C@H]2[C@@H]2CCC[C@H]32)cc(C(F)(F)F)c1. The summed E-state index contributed by atoms with van der Waals surface area (Å²) >= 11 is 0. The van der Waals surface area contributed by atoms with Crippen molar-refractivity contribution < 1.29 is 26.3 Å². The van der Waals surface area contributed by atoms with E-state index in [9.17, 15) is 26.3 Å². The summed E-state index contributed by atoms with van der Waals surface area (Å²) < 4.78 is 78.3. The van der Waals surface area contributed by atoms with Crippen molar-refractivity contribution in [3.63, 3.8) is 0 Å². The Morgan fingerprint density at radius 1 is 0.833 bits per heavy atom. The zero-order valence-electron chi connectivity index (χ0n) is 12.8. The molecule has 0 heterocycles. The highest BCUT2D eigenvalue weighted by molar-refractivity contribution is 5.43. The molecule has 3 fully saturated rings. The smallest absolute Gasteiger partial charge is 0.165 e. The van der Waals surface area contributed by atoms with Crippen LogP contribution in [-0.2, 0) is 12.4 Å². The molecule has 1 aromatic carbocycles. The van der Waals surface area contributed by atoms with E-state index < -0.39 is 23.5 Å². The van der Waals surface area contributed by atoms with Crippen LogP contribution < -0.4 is 0 Å². The molecule has 1 aromatic rings. The van der Waals surface area contributed by atoms with Crippen LogP contribution in [0.3, 0.4) is 0 Å². The first kappa shape index (κ1) is 16.2. The number of alkyl halides is 6. The maximum Gasteiger partial charge on any atom is 0.428 e. The Hall–Kier alpha value is -1.33. The lowest BCUT2D eigenvalue weighted by atomic mass is 9.73. The highest BCUT2D eigenvalue weighted by Gasteiger charge is 2.57. The third-order valence-corrected chi connectivity index (χ3v) is 6.19. The monoisotopic (exact) mass is 347 g/mol. The normalized spacial score (nSPS) is 32.5. The molecule has 0 radical (unpaired) electrons. The van der Waals surface area contributed by atoms with E-state index in [1.54, 1.807) is 0 Å². The highest BCUT2D eigenvalue weighted by atomic mass is 19.4. The van der Waals surface area contributed by atoms with Crippen LogP contribution in [0, 0.1) is 29.6 Å². The van der Waals surface area contributed by atoms with Gasteiger partial charge in [-0.1, -0.05) is 6.42 Å². The van der Waals surface area contributed by atoms with Crippen molar-refractivity contribution in [1.29, 1.82) is 0 Å². The molecule has 0 saturated heterocycles. The lowest BCUT2D eigenvalue weighted by molar-refractivity contribution is -0.143. The molecule has 4 atom stereocenters.